The molecule has 0 bridgehead atoms. The van der Waals surface area contributed by atoms with E-state index >= 15 is 0 Å². The molecular formula is C14H21NO2. The Balaban J connectivity index is 2.09. The smallest absolute Gasteiger partial charge is 0.120 e. The minimum atomic E-state index is 0.245. The van der Waals surface area contributed by atoms with Gasteiger partial charge in [-0.25, -0.2) is 0 Å². The maximum Gasteiger partial charge on any atom is 0.120 e. The second kappa shape index (κ2) is 5.52. The van der Waals surface area contributed by atoms with Crippen LogP contribution >= 0.6 is 0 Å². The number of phenols is 1. The molecule has 1 aromatic rings. The van der Waals surface area contributed by atoms with Crippen molar-refractivity contribution in [2.45, 2.75) is 31.9 Å². The van der Waals surface area contributed by atoms with Crippen molar-refractivity contribution in [1.82, 2.24) is 4.90 Å². The predicted octanol–water partition coefficient (Wildman–Crippen LogP) is 2.56. The number of rotatable bonds is 3. The summed E-state index contributed by atoms with van der Waals surface area (Å²) >= 11 is 0. The van der Waals surface area contributed by atoms with Gasteiger partial charge in [-0.15, -0.1) is 0 Å². The van der Waals surface area contributed by atoms with Crippen molar-refractivity contribution >= 4 is 0 Å². The summed E-state index contributed by atoms with van der Waals surface area (Å²) in [5, 5.41) is 9.88. The zero-order valence-corrected chi connectivity index (χ0v) is 10.6. The molecule has 0 saturated carbocycles. The van der Waals surface area contributed by atoms with Crippen LogP contribution < -0.4 is 0 Å². The minimum absolute atomic E-state index is 0.245. The van der Waals surface area contributed by atoms with Gasteiger partial charge in [0.15, 0.2) is 0 Å². The van der Waals surface area contributed by atoms with Crippen molar-refractivity contribution in [1.29, 1.82) is 0 Å². The Kier molecular flexibility index (Phi) is 4.02. The zero-order chi connectivity index (χ0) is 12.3. The number of nitrogens with zero attached hydrogens (tertiary/aromatic N) is 1. The van der Waals surface area contributed by atoms with Crippen LogP contribution in [0.5, 0.6) is 5.75 Å². The summed E-state index contributed by atoms with van der Waals surface area (Å²) in [4.78, 5) is 2.38. The summed E-state index contributed by atoms with van der Waals surface area (Å²) < 4.78 is 5.43. The molecule has 1 aromatic carbocycles. The molecule has 2 atom stereocenters. The number of ether oxygens (including phenoxy) is 1. The fourth-order valence-electron chi connectivity index (χ4n) is 2.55. The van der Waals surface area contributed by atoms with E-state index in [1.54, 1.807) is 13.2 Å². The average Bonchev–Trinajstić information content (AvgIpc) is 2.38. The first-order chi connectivity index (χ1) is 8.22. The second-order valence-corrected chi connectivity index (χ2v) is 4.73. The zero-order valence-electron chi connectivity index (χ0n) is 10.6. The van der Waals surface area contributed by atoms with Crippen LogP contribution in [-0.2, 0) is 4.74 Å². The lowest BCUT2D eigenvalue weighted by Crippen LogP contribution is -2.40. The maximum atomic E-state index is 9.88. The number of likely N-dealkylation sites (tertiary alicyclic amines) is 1. The minimum Gasteiger partial charge on any atom is -0.508 e. The molecule has 1 saturated heterocycles. The van der Waals surface area contributed by atoms with Gasteiger partial charge in [0.05, 0.1) is 6.10 Å². The summed E-state index contributed by atoms with van der Waals surface area (Å²) in [5.74, 6) is 0.388. The lowest BCUT2D eigenvalue weighted by molar-refractivity contribution is 0.0167. The van der Waals surface area contributed by atoms with Crippen LogP contribution in [0.1, 0.15) is 31.4 Å². The number of hydrogen-bond donors (Lipinski definition) is 1. The second-order valence-electron chi connectivity index (χ2n) is 4.73. The molecule has 2 rings (SSSR count). The molecule has 1 aliphatic heterocycles. The topological polar surface area (TPSA) is 32.7 Å². The molecule has 1 fully saturated rings. The van der Waals surface area contributed by atoms with E-state index in [4.69, 9.17) is 4.74 Å². The molecule has 1 heterocycles. The maximum absolute atomic E-state index is 9.88. The molecule has 0 amide bonds. The Hall–Kier alpha value is -1.06. The fraction of sp³-hybridized carbons (Fsp3) is 0.571. The van der Waals surface area contributed by atoms with E-state index in [2.05, 4.69) is 11.8 Å². The lowest BCUT2D eigenvalue weighted by atomic mass is 10.0. The summed E-state index contributed by atoms with van der Waals surface area (Å²) in [5.41, 5.74) is 1.00. The van der Waals surface area contributed by atoms with Gasteiger partial charge >= 0.3 is 0 Å². The lowest BCUT2D eigenvalue weighted by Gasteiger charge is -2.36. The standard InChI is InChI=1S/C14H21NO2/c1-11(13-7-3-4-8-14(13)16)15-9-5-6-12(10-15)17-2/h3-4,7-8,11-12,16H,5-6,9-10H2,1-2H3. The largest absolute Gasteiger partial charge is 0.508 e. The van der Waals surface area contributed by atoms with Gasteiger partial charge in [0.1, 0.15) is 5.75 Å². The molecule has 0 aromatic heterocycles. The number of hydrogen-bond acceptors (Lipinski definition) is 3. The van der Waals surface area contributed by atoms with Gasteiger partial charge in [-0.05, 0) is 32.4 Å². The normalized spacial score (nSPS) is 23.5. The number of piperidine rings is 1. The molecule has 0 aliphatic carbocycles. The third-order valence-corrected chi connectivity index (χ3v) is 3.68. The van der Waals surface area contributed by atoms with E-state index in [0.29, 0.717) is 11.9 Å². The van der Waals surface area contributed by atoms with Crippen molar-refractivity contribution in [3.63, 3.8) is 0 Å². The van der Waals surface area contributed by atoms with E-state index in [1.807, 2.05) is 18.2 Å². The number of para-hydroxylation sites is 1. The van der Waals surface area contributed by atoms with E-state index in [-0.39, 0.29) is 6.04 Å². The summed E-state index contributed by atoms with van der Waals surface area (Å²) in [6.07, 6.45) is 2.63. The third-order valence-electron chi connectivity index (χ3n) is 3.68. The Morgan fingerprint density at radius 3 is 2.88 bits per heavy atom. The summed E-state index contributed by atoms with van der Waals surface area (Å²) in [7, 11) is 1.78. The average molecular weight is 235 g/mol. The van der Waals surface area contributed by atoms with Crippen molar-refractivity contribution in [3.8, 4) is 5.75 Å². The molecule has 1 aliphatic rings. The first kappa shape index (κ1) is 12.4. The third kappa shape index (κ3) is 2.79. The highest BCUT2D eigenvalue weighted by Crippen LogP contribution is 2.30. The highest BCUT2D eigenvalue weighted by atomic mass is 16.5. The molecule has 0 radical (unpaired) electrons. The Labute approximate surface area is 103 Å². The number of benzene rings is 1. The molecule has 2 unspecified atom stereocenters. The van der Waals surface area contributed by atoms with Gasteiger partial charge in [-0.1, -0.05) is 18.2 Å². The van der Waals surface area contributed by atoms with E-state index in [1.165, 1.54) is 0 Å². The number of phenolic OH excluding ortho intramolecular Hbond substituents is 1. The Morgan fingerprint density at radius 2 is 2.18 bits per heavy atom. The molecule has 94 valence electrons. The van der Waals surface area contributed by atoms with Crippen LogP contribution in [0.15, 0.2) is 24.3 Å². The fourth-order valence-corrected chi connectivity index (χ4v) is 2.55. The van der Waals surface area contributed by atoms with Crippen LogP contribution in [0.25, 0.3) is 0 Å². The van der Waals surface area contributed by atoms with Crippen LogP contribution in [0, 0.1) is 0 Å². The van der Waals surface area contributed by atoms with E-state index in [9.17, 15) is 5.11 Å². The van der Waals surface area contributed by atoms with Gasteiger partial charge < -0.3 is 9.84 Å². The van der Waals surface area contributed by atoms with Gasteiger partial charge in [0.2, 0.25) is 0 Å². The van der Waals surface area contributed by atoms with Crippen LogP contribution in [0.2, 0.25) is 0 Å². The highest BCUT2D eigenvalue weighted by Gasteiger charge is 2.25. The van der Waals surface area contributed by atoms with Crippen molar-refractivity contribution in [3.05, 3.63) is 29.8 Å². The van der Waals surface area contributed by atoms with Gasteiger partial charge in [-0.3, -0.25) is 4.90 Å². The quantitative estimate of drug-likeness (QED) is 0.874. The van der Waals surface area contributed by atoms with Crippen LogP contribution in [-0.4, -0.2) is 36.3 Å². The van der Waals surface area contributed by atoms with Gasteiger partial charge in [0.25, 0.3) is 0 Å². The number of aromatic hydroxyl groups is 1. The van der Waals surface area contributed by atoms with Gasteiger partial charge in [-0.2, -0.15) is 0 Å². The van der Waals surface area contributed by atoms with Crippen molar-refractivity contribution in [2.75, 3.05) is 20.2 Å². The molecular weight excluding hydrogens is 214 g/mol. The van der Waals surface area contributed by atoms with Crippen molar-refractivity contribution < 1.29 is 9.84 Å². The first-order valence-electron chi connectivity index (χ1n) is 6.27. The van der Waals surface area contributed by atoms with E-state index in [0.717, 1.165) is 31.5 Å². The van der Waals surface area contributed by atoms with Crippen molar-refractivity contribution in [2.24, 2.45) is 0 Å². The summed E-state index contributed by atoms with van der Waals surface area (Å²) in [6.45, 7) is 4.18. The first-order valence-corrected chi connectivity index (χ1v) is 6.27. The van der Waals surface area contributed by atoms with Crippen LogP contribution in [0.4, 0.5) is 0 Å². The molecule has 1 N–H and O–H groups in total. The number of methoxy groups -OCH3 is 1. The molecule has 0 spiro atoms. The van der Waals surface area contributed by atoms with Gasteiger partial charge in [0, 0.05) is 25.3 Å². The SMILES string of the molecule is COC1CCCN(C(C)c2ccccc2O)C1. The highest BCUT2D eigenvalue weighted by molar-refractivity contribution is 5.34. The Bertz CT molecular complexity index is 367. The Morgan fingerprint density at radius 1 is 1.41 bits per heavy atom. The monoisotopic (exact) mass is 235 g/mol. The molecule has 3 nitrogen and oxygen atoms in total. The predicted molar refractivity (Wildman–Crippen MR) is 68.1 cm³/mol. The molecule has 3 heteroatoms. The van der Waals surface area contributed by atoms with E-state index < -0.39 is 0 Å². The van der Waals surface area contributed by atoms with Crippen LogP contribution in [0.3, 0.4) is 0 Å². The summed E-state index contributed by atoms with van der Waals surface area (Å²) in [6, 6.07) is 7.83. The molecule has 17 heavy (non-hydrogen) atoms.